The van der Waals surface area contributed by atoms with Crippen LogP contribution >= 0.6 is 0 Å². The number of nitrogens with two attached hydrogens (primary N) is 1. The summed E-state index contributed by atoms with van der Waals surface area (Å²) < 4.78 is 10.2. The van der Waals surface area contributed by atoms with Crippen molar-refractivity contribution in [3.63, 3.8) is 0 Å². The maximum Gasteiger partial charge on any atom is 0.316 e. The number of ether oxygens (including phenoxy) is 2. The molecule has 0 radical (unpaired) electrons. The highest BCUT2D eigenvalue weighted by atomic mass is 16.5. The molecule has 0 spiro atoms. The first-order valence-electron chi connectivity index (χ1n) is 5.75. The highest BCUT2D eigenvalue weighted by molar-refractivity contribution is 5.86. The Balaban J connectivity index is 2.10. The lowest BCUT2D eigenvalue weighted by molar-refractivity contribution is -0.143. The SMILES string of the molecule is COC(=O)C1(c2ccc(OCCN)cc2)CC1. The predicted octanol–water partition coefficient (Wildman–Crippen LogP) is 1.23. The van der Waals surface area contributed by atoms with Gasteiger partial charge in [0.2, 0.25) is 0 Å². The van der Waals surface area contributed by atoms with Gasteiger partial charge in [0.25, 0.3) is 0 Å². The lowest BCUT2D eigenvalue weighted by Crippen LogP contribution is -2.21. The second-order valence-electron chi connectivity index (χ2n) is 4.24. The summed E-state index contributed by atoms with van der Waals surface area (Å²) >= 11 is 0. The van der Waals surface area contributed by atoms with E-state index in [2.05, 4.69) is 0 Å². The molecule has 4 heteroatoms. The maximum absolute atomic E-state index is 11.7. The zero-order valence-corrected chi connectivity index (χ0v) is 9.94. The van der Waals surface area contributed by atoms with Gasteiger partial charge in [-0.3, -0.25) is 4.79 Å². The van der Waals surface area contributed by atoms with Crippen LogP contribution < -0.4 is 10.5 Å². The molecule has 0 saturated heterocycles. The zero-order chi connectivity index (χ0) is 12.3. The molecule has 1 aliphatic rings. The molecule has 0 unspecified atom stereocenters. The van der Waals surface area contributed by atoms with Crippen LogP contribution in [0.4, 0.5) is 0 Å². The summed E-state index contributed by atoms with van der Waals surface area (Å²) in [6, 6.07) is 7.59. The van der Waals surface area contributed by atoms with Crippen LogP contribution in [0.3, 0.4) is 0 Å². The second kappa shape index (κ2) is 4.75. The smallest absolute Gasteiger partial charge is 0.316 e. The van der Waals surface area contributed by atoms with E-state index >= 15 is 0 Å². The summed E-state index contributed by atoms with van der Waals surface area (Å²) in [5.41, 5.74) is 5.96. The zero-order valence-electron chi connectivity index (χ0n) is 9.94. The van der Waals surface area contributed by atoms with Gasteiger partial charge in [0, 0.05) is 6.54 Å². The average molecular weight is 235 g/mol. The Morgan fingerprint density at radius 3 is 2.47 bits per heavy atom. The molecular weight excluding hydrogens is 218 g/mol. The minimum atomic E-state index is -0.402. The molecule has 0 atom stereocenters. The highest BCUT2D eigenvalue weighted by Crippen LogP contribution is 2.49. The Morgan fingerprint density at radius 2 is 2.00 bits per heavy atom. The minimum Gasteiger partial charge on any atom is -0.492 e. The van der Waals surface area contributed by atoms with Gasteiger partial charge in [-0.1, -0.05) is 12.1 Å². The van der Waals surface area contributed by atoms with Gasteiger partial charge in [-0.25, -0.2) is 0 Å². The summed E-state index contributed by atoms with van der Waals surface area (Å²) in [6.45, 7) is 0.995. The number of hydrogen-bond acceptors (Lipinski definition) is 4. The Hall–Kier alpha value is -1.55. The molecule has 0 amide bonds. The first-order chi connectivity index (χ1) is 8.23. The lowest BCUT2D eigenvalue weighted by atomic mass is 9.96. The molecule has 1 aromatic carbocycles. The van der Waals surface area contributed by atoms with Crippen LogP contribution in [-0.2, 0) is 14.9 Å². The average Bonchev–Trinajstić information content (AvgIpc) is 3.17. The minimum absolute atomic E-state index is 0.145. The third kappa shape index (κ3) is 2.26. The number of esters is 1. The van der Waals surface area contributed by atoms with Crippen molar-refractivity contribution in [2.24, 2.45) is 5.73 Å². The number of carbonyl (C=O) groups is 1. The summed E-state index contributed by atoms with van der Waals surface area (Å²) in [7, 11) is 1.43. The molecular formula is C13H17NO3. The van der Waals surface area contributed by atoms with Crippen molar-refractivity contribution < 1.29 is 14.3 Å². The van der Waals surface area contributed by atoms with Crippen LogP contribution in [0.1, 0.15) is 18.4 Å². The van der Waals surface area contributed by atoms with E-state index in [4.69, 9.17) is 15.2 Å². The van der Waals surface area contributed by atoms with Crippen molar-refractivity contribution in [1.29, 1.82) is 0 Å². The van der Waals surface area contributed by atoms with E-state index in [9.17, 15) is 4.79 Å². The Morgan fingerprint density at radius 1 is 1.35 bits per heavy atom. The quantitative estimate of drug-likeness (QED) is 0.780. The molecule has 2 rings (SSSR count). The number of rotatable bonds is 5. The van der Waals surface area contributed by atoms with Crippen LogP contribution in [0.15, 0.2) is 24.3 Å². The van der Waals surface area contributed by atoms with Gasteiger partial charge in [-0.05, 0) is 30.5 Å². The van der Waals surface area contributed by atoms with Gasteiger partial charge >= 0.3 is 5.97 Å². The molecule has 0 aliphatic heterocycles. The molecule has 1 fully saturated rings. The van der Waals surface area contributed by atoms with Crippen molar-refractivity contribution in [3.8, 4) is 5.75 Å². The van der Waals surface area contributed by atoms with Gasteiger partial charge in [-0.2, -0.15) is 0 Å². The first kappa shape index (κ1) is 11.9. The molecule has 1 saturated carbocycles. The van der Waals surface area contributed by atoms with Crippen molar-refractivity contribution in [1.82, 2.24) is 0 Å². The number of methoxy groups -OCH3 is 1. The summed E-state index contributed by atoms with van der Waals surface area (Å²) in [6.07, 6.45) is 1.73. The predicted molar refractivity (Wildman–Crippen MR) is 63.9 cm³/mol. The Labute approximate surface area is 101 Å². The van der Waals surface area contributed by atoms with Crippen molar-refractivity contribution in [3.05, 3.63) is 29.8 Å². The van der Waals surface area contributed by atoms with Crippen LogP contribution in [0.2, 0.25) is 0 Å². The fourth-order valence-corrected chi connectivity index (χ4v) is 1.98. The molecule has 4 nitrogen and oxygen atoms in total. The highest BCUT2D eigenvalue weighted by Gasteiger charge is 2.52. The van der Waals surface area contributed by atoms with E-state index in [0.717, 1.165) is 24.2 Å². The van der Waals surface area contributed by atoms with Crippen molar-refractivity contribution >= 4 is 5.97 Å². The third-order valence-electron chi connectivity index (χ3n) is 3.12. The molecule has 0 bridgehead atoms. The van der Waals surface area contributed by atoms with Crippen LogP contribution in [0.25, 0.3) is 0 Å². The number of hydrogen-bond donors (Lipinski definition) is 1. The Kier molecular flexibility index (Phi) is 3.33. The molecule has 92 valence electrons. The molecule has 0 heterocycles. The van der Waals surface area contributed by atoms with Crippen molar-refractivity contribution in [2.75, 3.05) is 20.3 Å². The molecule has 2 N–H and O–H groups in total. The van der Waals surface area contributed by atoms with E-state index in [0.29, 0.717) is 13.2 Å². The van der Waals surface area contributed by atoms with Gasteiger partial charge in [0.15, 0.2) is 0 Å². The normalized spacial score (nSPS) is 16.4. The van der Waals surface area contributed by atoms with Crippen LogP contribution in [0.5, 0.6) is 5.75 Å². The molecule has 1 aromatic rings. The maximum atomic E-state index is 11.7. The lowest BCUT2D eigenvalue weighted by Gasteiger charge is -2.13. The largest absolute Gasteiger partial charge is 0.492 e. The van der Waals surface area contributed by atoms with Gasteiger partial charge in [0.1, 0.15) is 12.4 Å². The fourth-order valence-electron chi connectivity index (χ4n) is 1.98. The van der Waals surface area contributed by atoms with E-state index in [1.165, 1.54) is 7.11 Å². The van der Waals surface area contributed by atoms with Crippen molar-refractivity contribution in [2.45, 2.75) is 18.3 Å². The van der Waals surface area contributed by atoms with Crippen LogP contribution in [0, 0.1) is 0 Å². The number of benzene rings is 1. The van der Waals surface area contributed by atoms with E-state index < -0.39 is 5.41 Å². The summed E-state index contributed by atoms with van der Waals surface area (Å²) in [5, 5.41) is 0. The van der Waals surface area contributed by atoms with E-state index in [1.54, 1.807) is 0 Å². The van der Waals surface area contributed by atoms with E-state index in [-0.39, 0.29) is 5.97 Å². The first-order valence-corrected chi connectivity index (χ1v) is 5.75. The summed E-state index contributed by atoms with van der Waals surface area (Å²) in [4.78, 5) is 11.7. The summed E-state index contributed by atoms with van der Waals surface area (Å²) in [5.74, 6) is 0.632. The molecule has 1 aliphatic carbocycles. The Bertz CT molecular complexity index is 396. The topological polar surface area (TPSA) is 61.5 Å². The fraction of sp³-hybridized carbons (Fsp3) is 0.462. The molecule has 0 aromatic heterocycles. The standard InChI is InChI=1S/C13H17NO3/c1-16-12(15)13(6-7-13)10-2-4-11(5-3-10)17-9-8-14/h2-5H,6-9,14H2,1H3. The molecule has 17 heavy (non-hydrogen) atoms. The van der Waals surface area contributed by atoms with Gasteiger partial charge in [-0.15, -0.1) is 0 Å². The number of carbonyl (C=O) groups excluding carboxylic acids is 1. The second-order valence-corrected chi connectivity index (χ2v) is 4.24. The van der Waals surface area contributed by atoms with Crippen LogP contribution in [-0.4, -0.2) is 26.2 Å². The monoisotopic (exact) mass is 235 g/mol. The van der Waals surface area contributed by atoms with Gasteiger partial charge in [0.05, 0.1) is 12.5 Å². The third-order valence-corrected chi connectivity index (χ3v) is 3.12. The van der Waals surface area contributed by atoms with E-state index in [1.807, 2.05) is 24.3 Å². The van der Waals surface area contributed by atoms with Gasteiger partial charge < -0.3 is 15.2 Å².